The van der Waals surface area contributed by atoms with Gasteiger partial charge in [-0.15, -0.1) is 0 Å². The number of anilines is 1. The molecular formula is C7H11BrN4. The number of aryl methyl sites for hydroxylation is 1. The van der Waals surface area contributed by atoms with E-state index >= 15 is 0 Å². The Morgan fingerprint density at radius 2 is 2.50 bits per heavy atom. The number of hydrogen-bond acceptors (Lipinski definition) is 3. The lowest BCUT2D eigenvalue weighted by atomic mass is 10.3. The third-order valence-electron chi connectivity index (χ3n) is 2.00. The molecule has 0 radical (unpaired) electrons. The fraction of sp³-hybridized carbons (Fsp3) is 0.571. The summed E-state index contributed by atoms with van der Waals surface area (Å²) in [5, 5.41) is 3.17. The van der Waals surface area contributed by atoms with E-state index in [-0.39, 0.29) is 6.04 Å². The Bertz CT molecular complexity index is 307. The number of fused-ring (bicyclic) bond motifs is 1. The van der Waals surface area contributed by atoms with Gasteiger partial charge in [0, 0.05) is 19.1 Å². The van der Waals surface area contributed by atoms with Crippen LogP contribution < -0.4 is 11.1 Å². The molecule has 0 bridgehead atoms. The third-order valence-corrected chi connectivity index (χ3v) is 3.01. The van der Waals surface area contributed by atoms with Crippen molar-refractivity contribution in [2.45, 2.75) is 19.5 Å². The first kappa shape index (κ1) is 8.07. The zero-order chi connectivity index (χ0) is 8.72. The van der Waals surface area contributed by atoms with E-state index in [1.807, 2.05) is 6.92 Å². The van der Waals surface area contributed by atoms with E-state index in [1.54, 1.807) is 0 Å². The fourth-order valence-electron chi connectivity index (χ4n) is 1.38. The molecule has 1 aliphatic rings. The van der Waals surface area contributed by atoms with Crippen molar-refractivity contribution in [3.05, 3.63) is 10.3 Å². The summed E-state index contributed by atoms with van der Waals surface area (Å²) in [6.07, 6.45) is 0. The molecule has 1 atom stereocenters. The van der Waals surface area contributed by atoms with Crippen LogP contribution in [0, 0.1) is 6.92 Å². The zero-order valence-electron chi connectivity index (χ0n) is 6.84. The quantitative estimate of drug-likeness (QED) is 0.691. The first-order valence-electron chi connectivity index (χ1n) is 3.90. The van der Waals surface area contributed by atoms with E-state index in [2.05, 4.69) is 30.8 Å². The van der Waals surface area contributed by atoms with Crippen molar-refractivity contribution in [2.75, 3.05) is 11.9 Å². The molecule has 12 heavy (non-hydrogen) atoms. The van der Waals surface area contributed by atoms with Crippen LogP contribution in [0.25, 0.3) is 0 Å². The SMILES string of the molecule is Cc1nc2n(c1Br)CC(N)CN2. The van der Waals surface area contributed by atoms with Gasteiger partial charge < -0.3 is 15.6 Å². The Morgan fingerprint density at radius 1 is 1.75 bits per heavy atom. The molecular weight excluding hydrogens is 220 g/mol. The summed E-state index contributed by atoms with van der Waals surface area (Å²) in [4.78, 5) is 4.33. The minimum atomic E-state index is 0.183. The predicted octanol–water partition coefficient (Wildman–Crippen LogP) is 0.707. The number of aromatic nitrogens is 2. The van der Waals surface area contributed by atoms with E-state index in [9.17, 15) is 0 Å². The topological polar surface area (TPSA) is 55.9 Å². The lowest BCUT2D eigenvalue weighted by molar-refractivity contribution is 0.536. The summed E-state index contributed by atoms with van der Waals surface area (Å²) >= 11 is 3.47. The van der Waals surface area contributed by atoms with Gasteiger partial charge in [-0.25, -0.2) is 4.98 Å². The van der Waals surface area contributed by atoms with Crippen molar-refractivity contribution in [3.63, 3.8) is 0 Å². The molecule has 2 rings (SSSR count). The van der Waals surface area contributed by atoms with Crippen LogP contribution in [-0.2, 0) is 6.54 Å². The van der Waals surface area contributed by atoms with Crippen LogP contribution in [0.5, 0.6) is 0 Å². The second-order valence-electron chi connectivity index (χ2n) is 3.06. The number of nitrogens with two attached hydrogens (primary N) is 1. The van der Waals surface area contributed by atoms with Crippen LogP contribution in [0.4, 0.5) is 5.95 Å². The highest BCUT2D eigenvalue weighted by atomic mass is 79.9. The van der Waals surface area contributed by atoms with Gasteiger partial charge in [-0.05, 0) is 22.9 Å². The molecule has 5 heteroatoms. The molecule has 1 aromatic heterocycles. The summed E-state index contributed by atoms with van der Waals surface area (Å²) in [5.74, 6) is 0.918. The second kappa shape index (κ2) is 2.74. The van der Waals surface area contributed by atoms with Crippen molar-refractivity contribution in [1.29, 1.82) is 0 Å². The number of hydrogen-bond donors (Lipinski definition) is 2. The molecule has 4 nitrogen and oxygen atoms in total. The molecule has 1 unspecified atom stereocenters. The second-order valence-corrected chi connectivity index (χ2v) is 3.81. The molecule has 3 N–H and O–H groups in total. The zero-order valence-corrected chi connectivity index (χ0v) is 8.43. The van der Waals surface area contributed by atoms with Crippen LogP contribution in [0.15, 0.2) is 4.60 Å². The Balaban J connectivity index is 2.44. The van der Waals surface area contributed by atoms with E-state index in [1.165, 1.54) is 0 Å². The van der Waals surface area contributed by atoms with Crippen LogP contribution in [0.3, 0.4) is 0 Å². The average molecular weight is 231 g/mol. The minimum Gasteiger partial charge on any atom is -0.354 e. The van der Waals surface area contributed by atoms with Gasteiger partial charge in [0.25, 0.3) is 0 Å². The molecule has 0 aromatic carbocycles. The molecule has 0 saturated carbocycles. The largest absolute Gasteiger partial charge is 0.354 e. The van der Waals surface area contributed by atoms with E-state index < -0.39 is 0 Å². The summed E-state index contributed by atoms with van der Waals surface area (Å²) in [6, 6.07) is 0.183. The monoisotopic (exact) mass is 230 g/mol. The van der Waals surface area contributed by atoms with Gasteiger partial charge in [0.1, 0.15) is 4.60 Å². The van der Waals surface area contributed by atoms with Gasteiger partial charge in [0.15, 0.2) is 0 Å². The summed E-state index contributed by atoms with van der Waals surface area (Å²) in [5.41, 5.74) is 6.80. The van der Waals surface area contributed by atoms with Gasteiger partial charge in [-0.1, -0.05) is 0 Å². The number of halogens is 1. The molecule has 1 aliphatic heterocycles. The maximum Gasteiger partial charge on any atom is 0.204 e. The first-order chi connectivity index (χ1) is 5.68. The van der Waals surface area contributed by atoms with Crippen LogP contribution in [-0.4, -0.2) is 22.1 Å². The smallest absolute Gasteiger partial charge is 0.204 e. The normalized spacial score (nSPS) is 21.8. The highest BCUT2D eigenvalue weighted by Gasteiger charge is 2.19. The number of rotatable bonds is 0. The van der Waals surface area contributed by atoms with E-state index in [0.29, 0.717) is 0 Å². The fourth-order valence-corrected chi connectivity index (χ4v) is 1.78. The highest BCUT2D eigenvalue weighted by molar-refractivity contribution is 9.10. The van der Waals surface area contributed by atoms with Crippen molar-refractivity contribution >= 4 is 21.9 Å². The highest BCUT2D eigenvalue weighted by Crippen LogP contribution is 2.23. The van der Waals surface area contributed by atoms with Gasteiger partial charge in [-0.2, -0.15) is 0 Å². The molecule has 1 aromatic rings. The van der Waals surface area contributed by atoms with Crippen molar-refractivity contribution in [2.24, 2.45) is 5.73 Å². The molecule has 0 aliphatic carbocycles. The van der Waals surface area contributed by atoms with Crippen molar-refractivity contribution in [1.82, 2.24) is 9.55 Å². The summed E-state index contributed by atoms with van der Waals surface area (Å²) < 4.78 is 3.09. The lowest BCUT2D eigenvalue weighted by Gasteiger charge is -2.22. The van der Waals surface area contributed by atoms with Gasteiger partial charge in [0.2, 0.25) is 5.95 Å². The van der Waals surface area contributed by atoms with Crippen molar-refractivity contribution < 1.29 is 0 Å². The first-order valence-corrected chi connectivity index (χ1v) is 4.70. The van der Waals surface area contributed by atoms with Gasteiger partial charge >= 0.3 is 0 Å². The molecule has 0 amide bonds. The van der Waals surface area contributed by atoms with Crippen LogP contribution in [0.2, 0.25) is 0 Å². The van der Waals surface area contributed by atoms with E-state index in [4.69, 9.17) is 5.73 Å². The average Bonchev–Trinajstić information content (AvgIpc) is 2.31. The third kappa shape index (κ3) is 1.13. The summed E-state index contributed by atoms with van der Waals surface area (Å²) in [6.45, 7) is 3.62. The van der Waals surface area contributed by atoms with Gasteiger partial charge in [0.05, 0.1) is 5.69 Å². The van der Waals surface area contributed by atoms with Crippen LogP contribution in [0.1, 0.15) is 5.69 Å². The molecule has 0 spiro atoms. The summed E-state index contributed by atoms with van der Waals surface area (Å²) in [7, 11) is 0. The maximum atomic E-state index is 5.80. The Kier molecular flexibility index (Phi) is 1.84. The molecule has 66 valence electrons. The van der Waals surface area contributed by atoms with Gasteiger partial charge in [-0.3, -0.25) is 0 Å². The molecule has 0 saturated heterocycles. The molecule has 0 fully saturated rings. The standard InChI is InChI=1S/C7H11BrN4/c1-4-6(8)12-3-5(9)2-10-7(12)11-4/h5H,2-3,9H2,1H3,(H,10,11). The lowest BCUT2D eigenvalue weighted by Crippen LogP contribution is -2.38. The minimum absolute atomic E-state index is 0.183. The number of imidazole rings is 1. The van der Waals surface area contributed by atoms with E-state index in [0.717, 1.165) is 29.3 Å². The van der Waals surface area contributed by atoms with Crippen LogP contribution >= 0.6 is 15.9 Å². The predicted molar refractivity (Wildman–Crippen MR) is 51.1 cm³/mol. The Labute approximate surface area is 79.3 Å². The number of nitrogens with one attached hydrogen (secondary N) is 1. The van der Waals surface area contributed by atoms with Crippen molar-refractivity contribution in [3.8, 4) is 0 Å². The molecule has 2 heterocycles. The Hall–Kier alpha value is -0.550. The number of nitrogens with zero attached hydrogens (tertiary/aromatic N) is 2. The maximum absolute atomic E-state index is 5.80. The Morgan fingerprint density at radius 3 is 3.25 bits per heavy atom.